The molecule has 108 valence electrons. The summed E-state index contributed by atoms with van der Waals surface area (Å²) in [6.45, 7) is 11.0. The van der Waals surface area contributed by atoms with Crippen molar-refractivity contribution in [1.29, 1.82) is 0 Å². The molecule has 0 N–H and O–H groups in total. The van der Waals surface area contributed by atoms with Gasteiger partial charge in [0, 0.05) is 19.8 Å². The van der Waals surface area contributed by atoms with Gasteiger partial charge in [-0.1, -0.05) is 19.6 Å². The average molecular weight is 273 g/mol. The molecule has 0 aromatic rings. The van der Waals surface area contributed by atoms with Crippen LogP contribution in [0.3, 0.4) is 0 Å². The second-order valence-electron chi connectivity index (χ2n) is 6.61. The third-order valence-corrected chi connectivity index (χ3v) is 4.89. The third kappa shape index (κ3) is 5.82. The summed E-state index contributed by atoms with van der Waals surface area (Å²) in [7, 11) is 0.750. The third-order valence-electron chi connectivity index (χ3n) is 3.53. The fourth-order valence-corrected chi connectivity index (χ4v) is 4.44. The van der Waals surface area contributed by atoms with Crippen LogP contribution >= 0.6 is 0 Å². The van der Waals surface area contributed by atoms with Gasteiger partial charge in [0.2, 0.25) is 0 Å². The Morgan fingerprint density at radius 2 is 1.72 bits per heavy atom. The molecule has 3 nitrogen and oxygen atoms in total. The molecule has 0 aromatic heterocycles. The lowest BCUT2D eigenvalue weighted by Gasteiger charge is -2.38. The fraction of sp³-hybridized carbons (Fsp3) is 1.00. The Hall–Kier alpha value is 0.0969. The standard InChI is InChI=1S/C14H31NO2Si/c1-6-17-14-9-7-13(8-10-14)15(11-16-2)12-18(3,4)5/h13-14H,6-12H2,1-5H3. The molecular formula is C14H31NO2Si. The van der Waals surface area contributed by atoms with E-state index >= 15 is 0 Å². The van der Waals surface area contributed by atoms with E-state index in [9.17, 15) is 0 Å². The van der Waals surface area contributed by atoms with Crippen LogP contribution in [0.4, 0.5) is 0 Å². The van der Waals surface area contributed by atoms with Crippen LogP contribution < -0.4 is 0 Å². The topological polar surface area (TPSA) is 21.7 Å². The molecule has 0 atom stereocenters. The highest BCUT2D eigenvalue weighted by Gasteiger charge is 2.28. The Kier molecular flexibility index (Phi) is 6.85. The fourth-order valence-electron chi connectivity index (χ4n) is 2.87. The predicted molar refractivity (Wildman–Crippen MR) is 79.6 cm³/mol. The second-order valence-corrected chi connectivity index (χ2v) is 12.0. The summed E-state index contributed by atoms with van der Waals surface area (Å²) in [4.78, 5) is 2.56. The van der Waals surface area contributed by atoms with Gasteiger partial charge >= 0.3 is 0 Å². The van der Waals surface area contributed by atoms with Gasteiger partial charge in [-0.25, -0.2) is 0 Å². The molecule has 1 saturated carbocycles. The van der Waals surface area contributed by atoms with Crippen LogP contribution in [0.25, 0.3) is 0 Å². The minimum Gasteiger partial charge on any atom is -0.379 e. The normalized spacial score (nSPS) is 25.7. The maximum Gasteiger partial charge on any atom is 0.0986 e. The van der Waals surface area contributed by atoms with E-state index in [1.54, 1.807) is 0 Å². The largest absolute Gasteiger partial charge is 0.379 e. The van der Waals surface area contributed by atoms with Crippen LogP contribution in [0.5, 0.6) is 0 Å². The van der Waals surface area contributed by atoms with Crippen molar-refractivity contribution in [3.8, 4) is 0 Å². The Labute approximate surface area is 114 Å². The number of methoxy groups -OCH3 is 1. The van der Waals surface area contributed by atoms with Gasteiger partial charge in [-0.2, -0.15) is 0 Å². The molecule has 0 unspecified atom stereocenters. The number of ether oxygens (including phenoxy) is 2. The van der Waals surface area contributed by atoms with Crippen molar-refractivity contribution < 1.29 is 9.47 Å². The van der Waals surface area contributed by atoms with Crippen molar-refractivity contribution in [1.82, 2.24) is 4.90 Å². The number of nitrogens with zero attached hydrogens (tertiary/aromatic N) is 1. The summed E-state index contributed by atoms with van der Waals surface area (Å²) in [5.41, 5.74) is 0. The first-order valence-corrected chi connectivity index (χ1v) is 11.0. The molecule has 1 aliphatic rings. The van der Waals surface area contributed by atoms with Crippen molar-refractivity contribution in [3.05, 3.63) is 0 Å². The van der Waals surface area contributed by atoms with Gasteiger partial charge < -0.3 is 9.47 Å². The molecule has 4 heteroatoms. The van der Waals surface area contributed by atoms with E-state index in [1.807, 2.05) is 7.11 Å². The minimum absolute atomic E-state index is 0.502. The first-order valence-electron chi connectivity index (χ1n) is 7.31. The molecular weight excluding hydrogens is 242 g/mol. The van der Waals surface area contributed by atoms with Gasteiger partial charge in [0.05, 0.1) is 20.9 Å². The Morgan fingerprint density at radius 3 is 2.17 bits per heavy atom. The number of rotatable bonds is 7. The van der Waals surface area contributed by atoms with Gasteiger partial charge in [0.25, 0.3) is 0 Å². The van der Waals surface area contributed by atoms with Gasteiger partial charge in [0.15, 0.2) is 0 Å². The Bertz CT molecular complexity index is 222. The van der Waals surface area contributed by atoms with E-state index in [2.05, 4.69) is 31.5 Å². The van der Waals surface area contributed by atoms with E-state index in [-0.39, 0.29) is 0 Å². The predicted octanol–water partition coefficient (Wildman–Crippen LogP) is 3.12. The van der Waals surface area contributed by atoms with Crippen LogP contribution in [0.15, 0.2) is 0 Å². The Morgan fingerprint density at radius 1 is 1.11 bits per heavy atom. The van der Waals surface area contributed by atoms with Crippen molar-refractivity contribution in [2.24, 2.45) is 0 Å². The van der Waals surface area contributed by atoms with Gasteiger partial charge in [-0.05, 0) is 38.8 Å². The van der Waals surface area contributed by atoms with Crippen LogP contribution in [0.2, 0.25) is 19.6 Å². The molecule has 0 saturated heterocycles. The van der Waals surface area contributed by atoms with Crippen molar-refractivity contribution in [2.75, 3.05) is 26.6 Å². The zero-order valence-electron chi connectivity index (χ0n) is 12.9. The minimum atomic E-state index is -1.06. The first-order chi connectivity index (χ1) is 8.46. The summed E-state index contributed by atoms with van der Waals surface area (Å²) < 4.78 is 11.1. The van der Waals surface area contributed by atoms with Crippen LogP contribution in [0.1, 0.15) is 32.6 Å². The van der Waals surface area contributed by atoms with Gasteiger partial charge in [-0.15, -0.1) is 0 Å². The van der Waals surface area contributed by atoms with E-state index in [0.29, 0.717) is 12.1 Å². The smallest absolute Gasteiger partial charge is 0.0986 e. The molecule has 18 heavy (non-hydrogen) atoms. The molecule has 1 fully saturated rings. The monoisotopic (exact) mass is 273 g/mol. The van der Waals surface area contributed by atoms with Crippen molar-refractivity contribution >= 4 is 8.07 Å². The zero-order chi connectivity index (χ0) is 13.6. The number of hydrogen-bond donors (Lipinski definition) is 0. The van der Waals surface area contributed by atoms with E-state index in [1.165, 1.54) is 31.9 Å². The van der Waals surface area contributed by atoms with Crippen molar-refractivity contribution in [3.63, 3.8) is 0 Å². The van der Waals surface area contributed by atoms with Crippen LogP contribution in [-0.2, 0) is 9.47 Å². The van der Waals surface area contributed by atoms with Gasteiger partial charge in [-0.3, -0.25) is 4.90 Å². The molecule has 1 rings (SSSR count). The lowest BCUT2D eigenvalue weighted by atomic mass is 9.92. The summed E-state index contributed by atoms with van der Waals surface area (Å²) in [5.74, 6) is 0. The average Bonchev–Trinajstić information content (AvgIpc) is 2.28. The maximum absolute atomic E-state index is 5.73. The van der Waals surface area contributed by atoms with Crippen LogP contribution in [0, 0.1) is 0 Å². The van der Waals surface area contributed by atoms with E-state index in [0.717, 1.165) is 13.3 Å². The Balaban J connectivity index is 2.45. The molecule has 0 bridgehead atoms. The number of hydrogen-bond acceptors (Lipinski definition) is 3. The maximum atomic E-state index is 5.73. The SMILES string of the molecule is CCOC1CCC(N(COC)C[Si](C)(C)C)CC1. The van der Waals surface area contributed by atoms with Gasteiger partial charge in [0.1, 0.15) is 0 Å². The zero-order valence-corrected chi connectivity index (χ0v) is 13.9. The van der Waals surface area contributed by atoms with E-state index < -0.39 is 8.07 Å². The quantitative estimate of drug-likeness (QED) is 0.525. The molecule has 0 aromatic carbocycles. The summed E-state index contributed by atoms with van der Waals surface area (Å²) in [6, 6.07) is 0.702. The summed E-state index contributed by atoms with van der Waals surface area (Å²) in [6.07, 6.45) is 6.69. The lowest BCUT2D eigenvalue weighted by Crippen LogP contribution is -2.48. The molecule has 1 aliphatic carbocycles. The first kappa shape index (κ1) is 16.2. The summed E-state index contributed by atoms with van der Waals surface area (Å²) >= 11 is 0. The summed E-state index contributed by atoms with van der Waals surface area (Å²) in [5, 5.41) is 0. The molecule has 0 radical (unpaired) electrons. The van der Waals surface area contributed by atoms with E-state index in [4.69, 9.17) is 9.47 Å². The molecule has 0 amide bonds. The second kappa shape index (κ2) is 7.63. The molecule has 0 heterocycles. The highest BCUT2D eigenvalue weighted by molar-refractivity contribution is 6.76. The molecule has 0 spiro atoms. The lowest BCUT2D eigenvalue weighted by molar-refractivity contribution is -0.00995. The highest BCUT2D eigenvalue weighted by atomic mass is 28.3. The van der Waals surface area contributed by atoms with Crippen LogP contribution in [-0.4, -0.2) is 51.7 Å². The molecule has 0 aliphatic heterocycles. The highest BCUT2D eigenvalue weighted by Crippen LogP contribution is 2.26. The van der Waals surface area contributed by atoms with Crippen molar-refractivity contribution in [2.45, 2.75) is 64.4 Å².